The summed E-state index contributed by atoms with van der Waals surface area (Å²) in [6.45, 7) is 3.76. The minimum absolute atomic E-state index is 0.000850. The van der Waals surface area contributed by atoms with Crippen molar-refractivity contribution in [3.63, 3.8) is 0 Å². The third kappa shape index (κ3) is 4.70. The Morgan fingerprint density at radius 3 is 2.31 bits per heavy atom. The first kappa shape index (κ1) is 22.9. The van der Waals surface area contributed by atoms with Gasteiger partial charge >= 0.3 is 0 Å². The first-order valence-corrected chi connectivity index (χ1v) is 11.9. The van der Waals surface area contributed by atoms with E-state index in [4.69, 9.17) is 4.74 Å². The molecule has 1 aliphatic heterocycles. The van der Waals surface area contributed by atoms with E-state index in [1.165, 1.54) is 5.69 Å². The number of anilines is 1. The number of carbonyl (C=O) groups excluding carboxylic acids is 1. The lowest BCUT2D eigenvalue weighted by atomic mass is 10.1. The smallest absolute Gasteiger partial charge is 0.277 e. The largest absolute Gasteiger partial charge is 0.383 e. The molecule has 0 unspecified atom stereocenters. The molecular formula is C27H29N5O3. The van der Waals surface area contributed by atoms with Crippen LogP contribution in [0.4, 0.5) is 5.69 Å². The summed E-state index contributed by atoms with van der Waals surface area (Å²) in [5.74, 6) is 0.000850. The maximum atomic E-state index is 13.4. The van der Waals surface area contributed by atoms with Gasteiger partial charge in [-0.05, 0) is 17.7 Å². The number of fused-ring (bicyclic) bond motifs is 1. The number of nitrogens with zero attached hydrogens (tertiary/aromatic N) is 5. The Balaban J connectivity index is 1.42. The highest BCUT2D eigenvalue weighted by molar-refractivity contribution is 5.93. The predicted molar refractivity (Wildman–Crippen MR) is 137 cm³/mol. The second kappa shape index (κ2) is 10.1. The van der Waals surface area contributed by atoms with E-state index in [0.29, 0.717) is 37.3 Å². The molecule has 1 amide bonds. The van der Waals surface area contributed by atoms with Crippen LogP contribution in [0.5, 0.6) is 0 Å². The molecule has 0 bridgehead atoms. The van der Waals surface area contributed by atoms with Crippen LogP contribution in [0.2, 0.25) is 0 Å². The number of para-hydroxylation sites is 1. The van der Waals surface area contributed by atoms with Crippen molar-refractivity contribution in [2.75, 3.05) is 44.8 Å². The summed E-state index contributed by atoms with van der Waals surface area (Å²) in [4.78, 5) is 35.5. The molecule has 2 aromatic heterocycles. The van der Waals surface area contributed by atoms with Crippen molar-refractivity contribution >= 4 is 22.6 Å². The zero-order valence-corrected chi connectivity index (χ0v) is 19.8. The number of methoxy groups -OCH3 is 1. The van der Waals surface area contributed by atoms with Crippen molar-refractivity contribution < 1.29 is 9.53 Å². The van der Waals surface area contributed by atoms with Gasteiger partial charge in [0.05, 0.1) is 19.5 Å². The Morgan fingerprint density at radius 1 is 0.943 bits per heavy atom. The average Bonchev–Trinajstić information content (AvgIpc) is 3.28. The van der Waals surface area contributed by atoms with Crippen molar-refractivity contribution in [1.82, 2.24) is 19.0 Å². The van der Waals surface area contributed by atoms with E-state index in [-0.39, 0.29) is 18.0 Å². The maximum absolute atomic E-state index is 13.4. The lowest BCUT2D eigenvalue weighted by Crippen LogP contribution is -2.49. The molecule has 0 saturated carbocycles. The van der Waals surface area contributed by atoms with Gasteiger partial charge in [-0.25, -0.2) is 4.98 Å². The maximum Gasteiger partial charge on any atom is 0.277 e. The van der Waals surface area contributed by atoms with Gasteiger partial charge in [0, 0.05) is 50.7 Å². The van der Waals surface area contributed by atoms with Crippen LogP contribution in [-0.2, 0) is 22.6 Å². The fourth-order valence-electron chi connectivity index (χ4n) is 4.62. The lowest BCUT2D eigenvalue weighted by Gasteiger charge is -2.36. The Bertz CT molecular complexity index is 1360. The molecule has 4 aromatic rings. The summed E-state index contributed by atoms with van der Waals surface area (Å²) in [7, 11) is 1.60. The number of amides is 1. The molecule has 0 atom stereocenters. The van der Waals surface area contributed by atoms with Gasteiger partial charge in [0.1, 0.15) is 17.6 Å². The number of aromatic nitrogens is 3. The van der Waals surface area contributed by atoms with E-state index in [0.717, 1.165) is 24.2 Å². The molecule has 180 valence electrons. The summed E-state index contributed by atoms with van der Waals surface area (Å²) in [5.41, 5.74) is 3.86. The van der Waals surface area contributed by atoms with Crippen LogP contribution in [0.15, 0.2) is 78.0 Å². The molecule has 1 aliphatic rings. The summed E-state index contributed by atoms with van der Waals surface area (Å²) in [5, 5.41) is 0. The molecule has 0 radical (unpaired) electrons. The molecule has 8 heteroatoms. The molecule has 0 spiro atoms. The van der Waals surface area contributed by atoms with Gasteiger partial charge < -0.3 is 19.1 Å². The molecule has 3 heterocycles. The molecule has 2 aromatic carbocycles. The number of piperazine rings is 1. The normalized spacial score (nSPS) is 14.0. The number of rotatable bonds is 7. The average molecular weight is 472 g/mol. The fourth-order valence-corrected chi connectivity index (χ4v) is 4.62. The summed E-state index contributed by atoms with van der Waals surface area (Å²) in [6, 6.07) is 20.1. The first-order valence-electron chi connectivity index (χ1n) is 11.9. The second-order valence-electron chi connectivity index (χ2n) is 8.67. The number of hydrogen-bond acceptors (Lipinski definition) is 5. The van der Waals surface area contributed by atoms with E-state index in [2.05, 4.69) is 22.0 Å². The van der Waals surface area contributed by atoms with E-state index >= 15 is 0 Å². The molecule has 35 heavy (non-hydrogen) atoms. The van der Waals surface area contributed by atoms with E-state index in [9.17, 15) is 9.59 Å². The fraction of sp³-hybridized carbons (Fsp3) is 0.296. The SMILES string of the molecule is COCCn1cnc2c(-c3ccccc3)cn(CC(=O)N3CCN(c4ccccc4)CC3)c2c1=O. The number of carbonyl (C=O) groups is 1. The highest BCUT2D eigenvalue weighted by Gasteiger charge is 2.24. The standard InChI is InChI=1S/C27H29N5O3/c1-35-17-16-31-20-28-25-23(21-8-4-2-5-9-21)18-32(26(25)27(31)34)19-24(33)30-14-12-29(13-15-30)22-10-6-3-7-11-22/h2-11,18,20H,12-17,19H2,1H3. The Hall–Kier alpha value is -3.91. The van der Waals surface area contributed by atoms with Crippen LogP contribution in [0, 0.1) is 0 Å². The number of hydrogen-bond donors (Lipinski definition) is 0. The van der Waals surface area contributed by atoms with E-state index in [1.54, 1.807) is 22.6 Å². The van der Waals surface area contributed by atoms with E-state index < -0.39 is 0 Å². The highest BCUT2D eigenvalue weighted by atomic mass is 16.5. The molecule has 1 saturated heterocycles. The highest BCUT2D eigenvalue weighted by Crippen LogP contribution is 2.27. The topological polar surface area (TPSA) is 72.6 Å². The van der Waals surface area contributed by atoms with Crippen molar-refractivity contribution in [3.8, 4) is 11.1 Å². The van der Waals surface area contributed by atoms with Crippen molar-refractivity contribution in [1.29, 1.82) is 0 Å². The number of ether oxygens (including phenoxy) is 1. The summed E-state index contributed by atoms with van der Waals surface area (Å²) < 4.78 is 8.45. The van der Waals surface area contributed by atoms with Gasteiger partial charge in [-0.3, -0.25) is 14.2 Å². The van der Waals surface area contributed by atoms with Gasteiger partial charge in [-0.15, -0.1) is 0 Å². The Labute approximate surface area is 204 Å². The van der Waals surface area contributed by atoms with Gasteiger partial charge in [0.25, 0.3) is 5.56 Å². The molecule has 5 rings (SSSR count). The lowest BCUT2D eigenvalue weighted by molar-refractivity contribution is -0.132. The monoisotopic (exact) mass is 471 g/mol. The zero-order valence-electron chi connectivity index (χ0n) is 19.8. The minimum Gasteiger partial charge on any atom is -0.383 e. The Kier molecular flexibility index (Phi) is 6.63. The quantitative estimate of drug-likeness (QED) is 0.415. The van der Waals surface area contributed by atoms with Crippen LogP contribution < -0.4 is 10.5 Å². The minimum atomic E-state index is -0.170. The Morgan fingerprint density at radius 2 is 1.63 bits per heavy atom. The summed E-state index contributed by atoms with van der Waals surface area (Å²) >= 11 is 0. The van der Waals surface area contributed by atoms with Crippen molar-refractivity contribution in [2.24, 2.45) is 0 Å². The molecule has 1 fully saturated rings. The van der Waals surface area contributed by atoms with Crippen LogP contribution >= 0.6 is 0 Å². The van der Waals surface area contributed by atoms with Gasteiger partial charge in [0.15, 0.2) is 0 Å². The van der Waals surface area contributed by atoms with Crippen molar-refractivity contribution in [3.05, 3.63) is 83.5 Å². The van der Waals surface area contributed by atoms with Crippen LogP contribution in [0.3, 0.4) is 0 Å². The zero-order chi connectivity index (χ0) is 24.2. The third-order valence-corrected chi connectivity index (χ3v) is 6.52. The number of benzene rings is 2. The first-order chi connectivity index (χ1) is 17.2. The van der Waals surface area contributed by atoms with E-state index in [1.807, 2.05) is 59.6 Å². The van der Waals surface area contributed by atoms with Crippen LogP contribution in [0.25, 0.3) is 22.2 Å². The van der Waals surface area contributed by atoms with Crippen LogP contribution in [-0.4, -0.2) is 64.8 Å². The molecular weight excluding hydrogens is 442 g/mol. The molecule has 8 nitrogen and oxygen atoms in total. The van der Waals surface area contributed by atoms with Crippen molar-refractivity contribution in [2.45, 2.75) is 13.1 Å². The summed E-state index contributed by atoms with van der Waals surface area (Å²) in [6.07, 6.45) is 3.44. The second-order valence-corrected chi connectivity index (χ2v) is 8.67. The predicted octanol–water partition coefficient (Wildman–Crippen LogP) is 2.86. The van der Waals surface area contributed by atoms with Crippen LogP contribution in [0.1, 0.15) is 0 Å². The van der Waals surface area contributed by atoms with Gasteiger partial charge in [-0.2, -0.15) is 0 Å². The third-order valence-electron chi connectivity index (χ3n) is 6.52. The molecule has 0 N–H and O–H groups in total. The van der Waals surface area contributed by atoms with Gasteiger partial charge in [-0.1, -0.05) is 48.5 Å². The van der Waals surface area contributed by atoms with Gasteiger partial charge in [0.2, 0.25) is 5.91 Å². The molecule has 0 aliphatic carbocycles.